The van der Waals surface area contributed by atoms with Crippen LogP contribution in [0.4, 0.5) is 0 Å². The van der Waals surface area contributed by atoms with Gasteiger partial charge in [-0.1, -0.05) is 30.3 Å². The molecule has 1 aliphatic rings. The van der Waals surface area contributed by atoms with E-state index in [0.717, 1.165) is 27.5 Å². The first-order chi connectivity index (χ1) is 11.7. The second-order valence-electron chi connectivity index (χ2n) is 5.65. The molecule has 24 heavy (non-hydrogen) atoms. The van der Waals surface area contributed by atoms with Crippen LogP contribution in [0.25, 0.3) is 21.9 Å². The highest BCUT2D eigenvalue weighted by Gasteiger charge is 2.27. The Morgan fingerprint density at radius 1 is 0.917 bits per heavy atom. The van der Waals surface area contributed by atoms with Crippen molar-refractivity contribution >= 4 is 16.7 Å². The van der Waals surface area contributed by atoms with Crippen LogP contribution >= 0.6 is 0 Å². The molecule has 1 heterocycles. The van der Waals surface area contributed by atoms with Gasteiger partial charge in [-0.05, 0) is 34.5 Å². The molecular formula is C20H16O4. The molecule has 4 heteroatoms. The van der Waals surface area contributed by atoms with Gasteiger partial charge in [0.15, 0.2) is 11.5 Å². The van der Waals surface area contributed by atoms with E-state index >= 15 is 0 Å². The average molecular weight is 320 g/mol. The number of methoxy groups -OCH3 is 2. The molecule has 0 unspecified atom stereocenters. The van der Waals surface area contributed by atoms with Gasteiger partial charge in [-0.15, -0.1) is 0 Å². The maximum absolute atomic E-state index is 12.3. The number of fused-ring (bicyclic) bond motifs is 2. The molecule has 1 aliphatic heterocycles. The first kappa shape index (κ1) is 14.6. The summed E-state index contributed by atoms with van der Waals surface area (Å²) < 4.78 is 16.0. The Morgan fingerprint density at radius 3 is 2.50 bits per heavy atom. The van der Waals surface area contributed by atoms with Gasteiger partial charge in [-0.25, -0.2) is 4.79 Å². The second kappa shape index (κ2) is 5.57. The summed E-state index contributed by atoms with van der Waals surface area (Å²) in [4.78, 5) is 12.3. The molecule has 0 saturated carbocycles. The summed E-state index contributed by atoms with van der Waals surface area (Å²) in [6.07, 6.45) is 0. The zero-order valence-corrected chi connectivity index (χ0v) is 13.5. The number of carbonyl (C=O) groups excluding carboxylic acids is 1. The van der Waals surface area contributed by atoms with Crippen molar-refractivity contribution < 1.29 is 19.0 Å². The number of rotatable bonds is 3. The number of benzene rings is 3. The first-order valence-electron chi connectivity index (χ1n) is 7.67. The predicted octanol–water partition coefficient (Wildman–Crippen LogP) is 4.19. The van der Waals surface area contributed by atoms with Gasteiger partial charge in [0.2, 0.25) is 0 Å². The Hall–Kier alpha value is -3.01. The highest BCUT2D eigenvalue weighted by molar-refractivity contribution is 6.10. The Labute approximate surface area is 139 Å². The summed E-state index contributed by atoms with van der Waals surface area (Å²) in [5.74, 6) is 1.00. The number of ether oxygens (including phenoxy) is 3. The van der Waals surface area contributed by atoms with Crippen LogP contribution in [0.3, 0.4) is 0 Å². The summed E-state index contributed by atoms with van der Waals surface area (Å²) in [5, 5.41) is 2.10. The highest BCUT2D eigenvalue weighted by Crippen LogP contribution is 2.40. The van der Waals surface area contributed by atoms with Crippen LogP contribution in [-0.4, -0.2) is 20.2 Å². The van der Waals surface area contributed by atoms with Crippen LogP contribution in [0, 0.1) is 0 Å². The second-order valence-corrected chi connectivity index (χ2v) is 5.65. The minimum Gasteiger partial charge on any atom is -0.493 e. The third-order valence-electron chi connectivity index (χ3n) is 4.37. The van der Waals surface area contributed by atoms with Crippen molar-refractivity contribution in [2.45, 2.75) is 6.61 Å². The number of carbonyl (C=O) groups is 1. The summed E-state index contributed by atoms with van der Waals surface area (Å²) in [5.41, 5.74) is 3.34. The van der Waals surface area contributed by atoms with E-state index < -0.39 is 0 Å². The van der Waals surface area contributed by atoms with Crippen molar-refractivity contribution in [3.63, 3.8) is 0 Å². The summed E-state index contributed by atoms with van der Waals surface area (Å²) in [6, 6.07) is 15.7. The molecule has 0 amide bonds. The van der Waals surface area contributed by atoms with E-state index in [1.165, 1.54) is 0 Å². The Balaban J connectivity index is 2.06. The molecule has 0 saturated heterocycles. The average Bonchev–Trinajstić information content (AvgIpc) is 2.99. The van der Waals surface area contributed by atoms with E-state index in [4.69, 9.17) is 14.2 Å². The number of esters is 1. The standard InChI is InChI=1S/C20H16O4/c1-22-16-8-7-13(10-17(16)23-2)18-15-6-4-3-5-12(15)9-14-11-24-20(21)19(14)18/h3-10H,11H2,1-2H3. The molecule has 0 fully saturated rings. The molecule has 0 atom stereocenters. The van der Waals surface area contributed by atoms with Gasteiger partial charge >= 0.3 is 5.97 Å². The molecule has 0 spiro atoms. The van der Waals surface area contributed by atoms with Crippen molar-refractivity contribution in [1.82, 2.24) is 0 Å². The van der Waals surface area contributed by atoms with E-state index in [-0.39, 0.29) is 5.97 Å². The molecule has 0 aromatic heterocycles. The Kier molecular flexibility index (Phi) is 3.38. The maximum atomic E-state index is 12.3. The predicted molar refractivity (Wildman–Crippen MR) is 91.6 cm³/mol. The lowest BCUT2D eigenvalue weighted by Gasteiger charge is -2.14. The molecule has 3 aromatic rings. The lowest BCUT2D eigenvalue weighted by Crippen LogP contribution is -1.99. The molecule has 0 N–H and O–H groups in total. The van der Waals surface area contributed by atoms with Crippen molar-refractivity contribution in [1.29, 1.82) is 0 Å². The largest absolute Gasteiger partial charge is 0.493 e. The van der Waals surface area contributed by atoms with Crippen LogP contribution in [0.5, 0.6) is 11.5 Å². The van der Waals surface area contributed by atoms with Crippen molar-refractivity contribution in [2.24, 2.45) is 0 Å². The number of cyclic esters (lactones) is 1. The van der Waals surface area contributed by atoms with Crippen molar-refractivity contribution in [2.75, 3.05) is 14.2 Å². The fourth-order valence-corrected chi connectivity index (χ4v) is 3.26. The van der Waals surface area contributed by atoms with Gasteiger partial charge in [0.1, 0.15) is 6.61 Å². The van der Waals surface area contributed by atoms with Gasteiger partial charge in [0, 0.05) is 11.1 Å². The molecule has 120 valence electrons. The van der Waals surface area contributed by atoms with Gasteiger partial charge < -0.3 is 14.2 Å². The van der Waals surface area contributed by atoms with E-state index in [2.05, 4.69) is 0 Å². The fraction of sp³-hybridized carbons (Fsp3) is 0.150. The van der Waals surface area contributed by atoms with Gasteiger partial charge in [-0.2, -0.15) is 0 Å². The van der Waals surface area contributed by atoms with Gasteiger partial charge in [0.25, 0.3) is 0 Å². The first-order valence-corrected chi connectivity index (χ1v) is 7.67. The lowest BCUT2D eigenvalue weighted by atomic mass is 9.90. The summed E-state index contributed by atoms with van der Waals surface area (Å²) in [7, 11) is 3.20. The van der Waals surface area contributed by atoms with E-state index in [9.17, 15) is 4.79 Å². The molecular weight excluding hydrogens is 304 g/mol. The third kappa shape index (κ3) is 2.11. The van der Waals surface area contributed by atoms with Gasteiger partial charge in [0.05, 0.1) is 19.8 Å². The van der Waals surface area contributed by atoms with E-state index in [1.54, 1.807) is 14.2 Å². The van der Waals surface area contributed by atoms with Crippen LogP contribution < -0.4 is 9.47 Å². The van der Waals surface area contributed by atoms with E-state index in [1.807, 2.05) is 48.5 Å². The molecule has 0 radical (unpaired) electrons. The minimum absolute atomic E-state index is 0.277. The monoisotopic (exact) mass is 320 g/mol. The van der Waals surface area contributed by atoms with E-state index in [0.29, 0.717) is 23.7 Å². The topological polar surface area (TPSA) is 44.8 Å². The molecule has 4 nitrogen and oxygen atoms in total. The summed E-state index contributed by atoms with van der Waals surface area (Å²) in [6.45, 7) is 0.319. The van der Waals surface area contributed by atoms with Crippen LogP contribution in [0.2, 0.25) is 0 Å². The normalized spacial score (nSPS) is 12.8. The third-order valence-corrected chi connectivity index (χ3v) is 4.37. The van der Waals surface area contributed by atoms with Crippen LogP contribution in [-0.2, 0) is 11.3 Å². The Bertz CT molecular complexity index is 959. The molecule has 0 aliphatic carbocycles. The van der Waals surface area contributed by atoms with Crippen molar-refractivity contribution in [3.05, 3.63) is 59.7 Å². The molecule has 3 aromatic carbocycles. The van der Waals surface area contributed by atoms with Crippen molar-refractivity contribution in [3.8, 4) is 22.6 Å². The van der Waals surface area contributed by atoms with Crippen LogP contribution in [0.1, 0.15) is 15.9 Å². The quantitative estimate of drug-likeness (QED) is 0.679. The lowest BCUT2D eigenvalue weighted by molar-refractivity contribution is 0.0535. The zero-order chi connectivity index (χ0) is 16.7. The minimum atomic E-state index is -0.277. The summed E-state index contributed by atoms with van der Waals surface area (Å²) >= 11 is 0. The number of hydrogen-bond donors (Lipinski definition) is 0. The maximum Gasteiger partial charge on any atom is 0.339 e. The van der Waals surface area contributed by atoms with Crippen LogP contribution in [0.15, 0.2) is 48.5 Å². The SMILES string of the molecule is COc1ccc(-c2c3c(cc4ccccc24)COC3=O)cc1OC. The Morgan fingerprint density at radius 2 is 1.71 bits per heavy atom. The fourth-order valence-electron chi connectivity index (χ4n) is 3.26. The number of hydrogen-bond acceptors (Lipinski definition) is 4. The smallest absolute Gasteiger partial charge is 0.339 e. The highest BCUT2D eigenvalue weighted by atomic mass is 16.5. The molecule has 0 bridgehead atoms. The molecule has 4 rings (SSSR count). The van der Waals surface area contributed by atoms with Gasteiger partial charge in [-0.3, -0.25) is 0 Å². The zero-order valence-electron chi connectivity index (χ0n) is 13.5.